The molecule has 0 aliphatic heterocycles. The molecule has 4 heteroatoms. The van der Waals surface area contributed by atoms with Gasteiger partial charge in [-0.3, -0.25) is 0 Å². The van der Waals surface area contributed by atoms with Gasteiger partial charge in [0.1, 0.15) is 5.01 Å². The molecule has 0 aromatic carbocycles. The van der Waals surface area contributed by atoms with Gasteiger partial charge >= 0.3 is 0 Å². The molecular formula is C10H19N3S. The Hall–Kier alpha value is -0.450. The molecule has 0 aliphatic rings. The van der Waals surface area contributed by atoms with Gasteiger partial charge in [0.2, 0.25) is 0 Å². The Bertz CT molecular complexity index is 221. The Morgan fingerprint density at radius 2 is 2.29 bits per heavy atom. The second kappa shape index (κ2) is 6.92. The molecule has 0 fully saturated rings. The highest BCUT2D eigenvalue weighted by Gasteiger charge is 1.94. The van der Waals surface area contributed by atoms with E-state index in [1.165, 1.54) is 11.4 Å². The minimum absolute atomic E-state index is 0.592. The largest absolute Gasteiger partial charge is 0.314 e. The molecule has 0 aliphatic carbocycles. The lowest BCUT2D eigenvalue weighted by Gasteiger charge is -2.07. The Kier molecular flexibility index (Phi) is 5.75. The first-order chi connectivity index (χ1) is 6.79. The van der Waals surface area contributed by atoms with Crippen molar-refractivity contribution in [1.82, 2.24) is 15.6 Å². The van der Waals surface area contributed by atoms with E-state index in [1.54, 1.807) is 11.3 Å². The first kappa shape index (κ1) is 11.6. The lowest BCUT2D eigenvalue weighted by atomic mass is 10.3. The lowest BCUT2D eigenvalue weighted by molar-refractivity contribution is 0.547. The first-order valence-electron chi connectivity index (χ1n) is 5.11. The van der Waals surface area contributed by atoms with Crippen molar-refractivity contribution < 1.29 is 0 Å². The molecule has 0 radical (unpaired) electrons. The van der Waals surface area contributed by atoms with Crippen molar-refractivity contribution in [2.45, 2.75) is 32.9 Å². The SMILES string of the molecule is CC(C)NCCCNCc1nccs1. The number of hydrogen-bond donors (Lipinski definition) is 2. The van der Waals surface area contributed by atoms with Gasteiger partial charge in [-0.25, -0.2) is 4.98 Å². The Labute approximate surface area is 89.9 Å². The van der Waals surface area contributed by atoms with Crippen LogP contribution in [-0.2, 0) is 6.54 Å². The molecule has 2 N–H and O–H groups in total. The molecular weight excluding hydrogens is 194 g/mol. The standard InChI is InChI=1S/C10H19N3S/c1-9(2)12-5-3-4-11-8-10-13-6-7-14-10/h6-7,9,11-12H,3-5,8H2,1-2H3. The Morgan fingerprint density at radius 3 is 2.93 bits per heavy atom. The van der Waals surface area contributed by atoms with Crippen LogP contribution in [0.15, 0.2) is 11.6 Å². The molecule has 0 amide bonds. The van der Waals surface area contributed by atoms with Gasteiger partial charge in [-0.05, 0) is 19.5 Å². The van der Waals surface area contributed by atoms with Gasteiger partial charge in [-0.2, -0.15) is 0 Å². The predicted molar refractivity (Wildman–Crippen MR) is 61.6 cm³/mol. The van der Waals surface area contributed by atoms with Gasteiger partial charge in [0.15, 0.2) is 0 Å². The molecule has 0 atom stereocenters. The van der Waals surface area contributed by atoms with Crippen molar-refractivity contribution in [3.63, 3.8) is 0 Å². The zero-order valence-electron chi connectivity index (χ0n) is 8.92. The van der Waals surface area contributed by atoms with Crippen molar-refractivity contribution in [3.05, 3.63) is 16.6 Å². The predicted octanol–water partition coefficient (Wildman–Crippen LogP) is 1.62. The van der Waals surface area contributed by atoms with Crippen LogP contribution >= 0.6 is 11.3 Å². The molecule has 14 heavy (non-hydrogen) atoms. The van der Waals surface area contributed by atoms with E-state index in [9.17, 15) is 0 Å². The monoisotopic (exact) mass is 213 g/mol. The highest BCUT2D eigenvalue weighted by atomic mass is 32.1. The highest BCUT2D eigenvalue weighted by molar-refractivity contribution is 7.09. The third kappa shape index (κ3) is 5.32. The molecule has 0 unspecified atom stereocenters. The number of thiazole rings is 1. The van der Waals surface area contributed by atoms with Gasteiger partial charge in [-0.1, -0.05) is 13.8 Å². The first-order valence-corrected chi connectivity index (χ1v) is 5.99. The summed E-state index contributed by atoms with van der Waals surface area (Å²) in [6.07, 6.45) is 3.02. The molecule has 0 bridgehead atoms. The summed E-state index contributed by atoms with van der Waals surface area (Å²) in [6, 6.07) is 0.592. The molecule has 1 heterocycles. The Morgan fingerprint density at radius 1 is 1.43 bits per heavy atom. The fourth-order valence-electron chi connectivity index (χ4n) is 1.14. The molecule has 0 spiro atoms. The maximum absolute atomic E-state index is 4.20. The third-order valence-electron chi connectivity index (χ3n) is 1.84. The van der Waals surface area contributed by atoms with E-state index >= 15 is 0 Å². The molecule has 1 aromatic rings. The van der Waals surface area contributed by atoms with Crippen molar-refractivity contribution in [2.24, 2.45) is 0 Å². The molecule has 1 aromatic heterocycles. The number of nitrogens with zero attached hydrogens (tertiary/aromatic N) is 1. The van der Waals surface area contributed by atoms with Gasteiger partial charge in [0, 0.05) is 24.2 Å². The summed E-state index contributed by atoms with van der Waals surface area (Å²) in [5.74, 6) is 0. The van der Waals surface area contributed by atoms with E-state index < -0.39 is 0 Å². The van der Waals surface area contributed by atoms with Crippen molar-refractivity contribution in [1.29, 1.82) is 0 Å². The smallest absolute Gasteiger partial charge is 0.106 e. The average Bonchev–Trinajstić information content (AvgIpc) is 2.63. The minimum atomic E-state index is 0.592. The summed E-state index contributed by atoms with van der Waals surface area (Å²) in [6.45, 7) is 7.38. The van der Waals surface area contributed by atoms with Crippen LogP contribution in [0.25, 0.3) is 0 Å². The van der Waals surface area contributed by atoms with Crippen molar-refractivity contribution in [2.75, 3.05) is 13.1 Å². The minimum Gasteiger partial charge on any atom is -0.314 e. The van der Waals surface area contributed by atoms with Gasteiger partial charge < -0.3 is 10.6 Å². The number of hydrogen-bond acceptors (Lipinski definition) is 4. The molecule has 3 nitrogen and oxygen atoms in total. The van der Waals surface area contributed by atoms with Crippen LogP contribution in [-0.4, -0.2) is 24.1 Å². The van der Waals surface area contributed by atoms with E-state index in [0.29, 0.717) is 6.04 Å². The summed E-state index contributed by atoms with van der Waals surface area (Å²) in [4.78, 5) is 4.20. The van der Waals surface area contributed by atoms with Crippen LogP contribution in [0, 0.1) is 0 Å². The van der Waals surface area contributed by atoms with E-state index in [-0.39, 0.29) is 0 Å². The number of nitrogens with one attached hydrogen (secondary N) is 2. The van der Waals surface area contributed by atoms with Crippen molar-refractivity contribution >= 4 is 11.3 Å². The second-order valence-corrected chi connectivity index (χ2v) is 4.54. The molecule has 1 rings (SSSR count). The third-order valence-corrected chi connectivity index (χ3v) is 2.62. The highest BCUT2D eigenvalue weighted by Crippen LogP contribution is 2.02. The van der Waals surface area contributed by atoms with Crippen LogP contribution in [0.3, 0.4) is 0 Å². The maximum Gasteiger partial charge on any atom is 0.106 e. The van der Waals surface area contributed by atoms with Crippen molar-refractivity contribution in [3.8, 4) is 0 Å². The summed E-state index contributed by atoms with van der Waals surface area (Å²) in [5.41, 5.74) is 0. The normalized spacial score (nSPS) is 11.1. The summed E-state index contributed by atoms with van der Waals surface area (Å²) in [5, 5.41) is 9.94. The van der Waals surface area contributed by atoms with Crippen LogP contribution < -0.4 is 10.6 Å². The topological polar surface area (TPSA) is 37.0 Å². The van der Waals surface area contributed by atoms with Gasteiger partial charge in [-0.15, -0.1) is 11.3 Å². The van der Waals surface area contributed by atoms with E-state index in [2.05, 4.69) is 29.5 Å². The van der Waals surface area contributed by atoms with E-state index in [4.69, 9.17) is 0 Å². The fraction of sp³-hybridized carbons (Fsp3) is 0.700. The quantitative estimate of drug-likeness (QED) is 0.676. The summed E-state index contributed by atoms with van der Waals surface area (Å²) >= 11 is 1.70. The Balaban J connectivity index is 1.90. The molecule has 0 saturated carbocycles. The number of rotatable bonds is 7. The lowest BCUT2D eigenvalue weighted by Crippen LogP contribution is -2.26. The average molecular weight is 213 g/mol. The summed E-state index contributed by atoms with van der Waals surface area (Å²) in [7, 11) is 0. The fourth-order valence-corrected chi connectivity index (χ4v) is 1.73. The van der Waals surface area contributed by atoms with E-state index in [1.807, 2.05) is 11.6 Å². The van der Waals surface area contributed by atoms with Gasteiger partial charge in [0.25, 0.3) is 0 Å². The number of aromatic nitrogens is 1. The van der Waals surface area contributed by atoms with Crippen LogP contribution in [0.1, 0.15) is 25.3 Å². The second-order valence-electron chi connectivity index (χ2n) is 3.56. The van der Waals surface area contributed by atoms with Crippen LogP contribution in [0.4, 0.5) is 0 Å². The summed E-state index contributed by atoms with van der Waals surface area (Å²) < 4.78 is 0. The van der Waals surface area contributed by atoms with E-state index in [0.717, 1.165) is 19.6 Å². The molecule has 0 saturated heterocycles. The maximum atomic E-state index is 4.20. The zero-order valence-corrected chi connectivity index (χ0v) is 9.73. The zero-order chi connectivity index (χ0) is 10.2. The van der Waals surface area contributed by atoms with Crippen LogP contribution in [0.5, 0.6) is 0 Å². The van der Waals surface area contributed by atoms with Crippen LogP contribution in [0.2, 0.25) is 0 Å². The van der Waals surface area contributed by atoms with Gasteiger partial charge in [0.05, 0.1) is 0 Å². The molecule has 80 valence electrons.